The number of benzene rings is 1. The SMILES string of the molecule is CCCCC/C=C/C(Sc1ccccc1)C1CCC(=O)C1C(=O)OCC. The Kier molecular flexibility index (Phi) is 8.96. The second-order valence-electron chi connectivity index (χ2n) is 6.72. The fraction of sp³-hybridized carbons (Fsp3) is 0.545. The van der Waals surface area contributed by atoms with Crippen LogP contribution in [0.3, 0.4) is 0 Å². The molecule has 142 valence electrons. The summed E-state index contributed by atoms with van der Waals surface area (Å²) in [4.78, 5) is 25.9. The third kappa shape index (κ3) is 6.01. The van der Waals surface area contributed by atoms with E-state index in [9.17, 15) is 9.59 Å². The van der Waals surface area contributed by atoms with Gasteiger partial charge in [0.25, 0.3) is 0 Å². The van der Waals surface area contributed by atoms with Crippen LogP contribution in [0.1, 0.15) is 52.4 Å². The molecule has 0 amide bonds. The molecule has 0 spiro atoms. The van der Waals surface area contributed by atoms with Gasteiger partial charge in [0.1, 0.15) is 11.7 Å². The molecule has 1 saturated carbocycles. The van der Waals surface area contributed by atoms with Crippen LogP contribution in [0, 0.1) is 11.8 Å². The minimum Gasteiger partial charge on any atom is -0.465 e. The molecule has 0 bridgehead atoms. The Balaban J connectivity index is 2.15. The molecule has 4 heteroatoms. The van der Waals surface area contributed by atoms with Gasteiger partial charge in [-0.2, -0.15) is 0 Å². The summed E-state index contributed by atoms with van der Waals surface area (Å²) in [6.07, 6.45) is 10.3. The fourth-order valence-electron chi connectivity index (χ4n) is 3.43. The van der Waals surface area contributed by atoms with E-state index in [4.69, 9.17) is 4.74 Å². The Hall–Kier alpha value is -1.55. The number of hydrogen-bond acceptors (Lipinski definition) is 4. The molecule has 0 aromatic heterocycles. The van der Waals surface area contributed by atoms with E-state index in [1.807, 2.05) is 18.2 Å². The molecular formula is C22H30O3S. The lowest BCUT2D eigenvalue weighted by atomic mass is 9.91. The lowest BCUT2D eigenvalue weighted by Crippen LogP contribution is -2.31. The quantitative estimate of drug-likeness (QED) is 0.180. The molecule has 0 heterocycles. The van der Waals surface area contributed by atoms with Gasteiger partial charge < -0.3 is 4.74 Å². The molecule has 1 aliphatic rings. The fourth-order valence-corrected chi connectivity index (χ4v) is 4.72. The highest BCUT2D eigenvalue weighted by Crippen LogP contribution is 2.40. The lowest BCUT2D eigenvalue weighted by molar-refractivity contribution is -0.151. The molecule has 1 fully saturated rings. The molecule has 0 radical (unpaired) electrons. The van der Waals surface area contributed by atoms with Gasteiger partial charge in [0.15, 0.2) is 0 Å². The number of unbranched alkanes of at least 4 members (excludes halogenated alkanes) is 3. The van der Waals surface area contributed by atoms with Crippen LogP contribution in [0.25, 0.3) is 0 Å². The summed E-state index contributed by atoms with van der Waals surface area (Å²) in [7, 11) is 0. The van der Waals surface area contributed by atoms with E-state index < -0.39 is 5.92 Å². The highest BCUT2D eigenvalue weighted by atomic mass is 32.2. The van der Waals surface area contributed by atoms with Crippen molar-refractivity contribution in [1.29, 1.82) is 0 Å². The summed E-state index contributed by atoms with van der Waals surface area (Å²) in [6, 6.07) is 10.2. The number of Topliss-reactive ketones (excluding diaryl/α,β-unsaturated/α-hetero) is 1. The molecule has 1 aromatic carbocycles. The van der Waals surface area contributed by atoms with Crippen LogP contribution in [-0.2, 0) is 14.3 Å². The van der Waals surface area contributed by atoms with Gasteiger partial charge in [-0.05, 0) is 44.2 Å². The second-order valence-corrected chi connectivity index (χ2v) is 7.97. The first kappa shape index (κ1) is 20.8. The minimum atomic E-state index is -0.614. The Morgan fingerprint density at radius 1 is 1.27 bits per heavy atom. The summed E-state index contributed by atoms with van der Waals surface area (Å²) in [5.41, 5.74) is 0. The van der Waals surface area contributed by atoms with E-state index in [1.54, 1.807) is 18.7 Å². The van der Waals surface area contributed by atoms with Crippen molar-refractivity contribution in [2.45, 2.75) is 62.5 Å². The van der Waals surface area contributed by atoms with Gasteiger partial charge >= 0.3 is 5.97 Å². The number of hydrogen-bond donors (Lipinski definition) is 0. The molecule has 0 saturated heterocycles. The van der Waals surface area contributed by atoms with E-state index in [0.29, 0.717) is 13.0 Å². The van der Waals surface area contributed by atoms with Gasteiger partial charge in [-0.1, -0.05) is 50.1 Å². The average molecular weight is 375 g/mol. The van der Waals surface area contributed by atoms with Crippen LogP contribution in [0.5, 0.6) is 0 Å². The minimum absolute atomic E-state index is 0.00850. The maximum absolute atomic E-state index is 12.4. The number of carbonyl (C=O) groups is 2. The van der Waals surface area contributed by atoms with E-state index in [-0.39, 0.29) is 22.9 Å². The summed E-state index contributed by atoms with van der Waals surface area (Å²) < 4.78 is 5.19. The van der Waals surface area contributed by atoms with Gasteiger partial charge in [-0.3, -0.25) is 9.59 Å². The molecule has 3 unspecified atom stereocenters. The van der Waals surface area contributed by atoms with Crippen molar-refractivity contribution < 1.29 is 14.3 Å². The van der Waals surface area contributed by atoms with E-state index in [1.165, 1.54) is 19.3 Å². The second kappa shape index (κ2) is 11.2. The Morgan fingerprint density at radius 3 is 2.73 bits per heavy atom. The molecular weight excluding hydrogens is 344 g/mol. The maximum Gasteiger partial charge on any atom is 0.316 e. The molecule has 2 rings (SSSR count). The highest BCUT2D eigenvalue weighted by Gasteiger charge is 2.44. The van der Waals surface area contributed by atoms with Crippen LogP contribution >= 0.6 is 11.8 Å². The number of thioether (sulfide) groups is 1. The largest absolute Gasteiger partial charge is 0.465 e. The zero-order valence-electron chi connectivity index (χ0n) is 15.9. The average Bonchev–Trinajstić information content (AvgIpc) is 3.03. The van der Waals surface area contributed by atoms with E-state index in [2.05, 4.69) is 31.2 Å². The Labute approximate surface area is 161 Å². The third-order valence-electron chi connectivity index (χ3n) is 4.78. The summed E-state index contributed by atoms with van der Waals surface area (Å²) in [6.45, 7) is 4.31. The van der Waals surface area contributed by atoms with Crippen LogP contribution in [0.4, 0.5) is 0 Å². The number of ketones is 1. The molecule has 1 aliphatic carbocycles. The summed E-state index contributed by atoms with van der Waals surface area (Å²) in [5, 5.41) is 0.111. The highest BCUT2D eigenvalue weighted by molar-refractivity contribution is 8.00. The predicted octanol–water partition coefficient (Wildman–Crippen LogP) is 5.44. The molecule has 26 heavy (non-hydrogen) atoms. The first-order chi connectivity index (χ1) is 12.7. The van der Waals surface area contributed by atoms with Gasteiger partial charge in [-0.25, -0.2) is 0 Å². The van der Waals surface area contributed by atoms with Crippen molar-refractivity contribution in [1.82, 2.24) is 0 Å². The number of rotatable bonds is 10. The number of esters is 1. The van der Waals surface area contributed by atoms with Crippen LogP contribution in [0.2, 0.25) is 0 Å². The van der Waals surface area contributed by atoms with E-state index >= 15 is 0 Å². The Bertz CT molecular complexity index is 597. The molecule has 1 aromatic rings. The van der Waals surface area contributed by atoms with Gasteiger partial charge in [0, 0.05) is 16.6 Å². The smallest absolute Gasteiger partial charge is 0.316 e. The topological polar surface area (TPSA) is 43.4 Å². The zero-order valence-corrected chi connectivity index (χ0v) is 16.7. The van der Waals surface area contributed by atoms with Crippen molar-refractivity contribution in [3.8, 4) is 0 Å². The molecule has 3 nitrogen and oxygen atoms in total. The monoisotopic (exact) mass is 374 g/mol. The standard InChI is InChI=1S/C22H30O3S/c1-3-5-6-7-11-14-20(26-17-12-9-8-10-13-17)18-15-16-19(23)21(18)22(24)25-4-2/h8-14,18,20-21H,3-7,15-16H2,1-2H3/b14-11+. The maximum atomic E-state index is 12.4. The third-order valence-corrected chi connectivity index (χ3v) is 6.10. The first-order valence-electron chi connectivity index (χ1n) is 9.75. The molecule has 0 aliphatic heterocycles. The van der Waals surface area contributed by atoms with Gasteiger partial charge in [0.05, 0.1) is 6.61 Å². The van der Waals surface area contributed by atoms with Crippen molar-refractivity contribution in [2.24, 2.45) is 11.8 Å². The molecule has 3 atom stereocenters. The predicted molar refractivity (Wildman–Crippen MR) is 107 cm³/mol. The van der Waals surface area contributed by atoms with Crippen molar-refractivity contribution in [3.63, 3.8) is 0 Å². The molecule has 0 N–H and O–H groups in total. The normalized spacial score (nSPS) is 21.2. The van der Waals surface area contributed by atoms with Crippen molar-refractivity contribution in [3.05, 3.63) is 42.5 Å². The lowest BCUT2D eigenvalue weighted by Gasteiger charge is -2.24. The van der Waals surface area contributed by atoms with Crippen LogP contribution in [0.15, 0.2) is 47.4 Å². The van der Waals surface area contributed by atoms with Gasteiger partial charge in [-0.15, -0.1) is 11.8 Å². The summed E-state index contributed by atoms with van der Waals surface area (Å²) >= 11 is 1.74. The van der Waals surface area contributed by atoms with E-state index in [0.717, 1.165) is 17.7 Å². The number of allylic oxidation sites excluding steroid dienone is 1. The van der Waals surface area contributed by atoms with Crippen LogP contribution in [-0.4, -0.2) is 23.6 Å². The van der Waals surface area contributed by atoms with Crippen molar-refractivity contribution >= 4 is 23.5 Å². The first-order valence-corrected chi connectivity index (χ1v) is 10.6. The van der Waals surface area contributed by atoms with Crippen LogP contribution < -0.4 is 0 Å². The van der Waals surface area contributed by atoms with Crippen molar-refractivity contribution in [2.75, 3.05) is 6.61 Å². The number of carbonyl (C=O) groups excluding carboxylic acids is 2. The summed E-state index contributed by atoms with van der Waals surface area (Å²) in [5.74, 6) is -0.921. The number of ether oxygens (including phenoxy) is 1. The zero-order chi connectivity index (χ0) is 18.8. The van der Waals surface area contributed by atoms with Gasteiger partial charge in [0.2, 0.25) is 0 Å². The Morgan fingerprint density at radius 2 is 2.04 bits per heavy atom.